The molecule has 2 rings (SSSR count). The third-order valence-corrected chi connectivity index (χ3v) is 5.84. The van der Waals surface area contributed by atoms with Crippen molar-refractivity contribution in [3.8, 4) is 0 Å². The van der Waals surface area contributed by atoms with Gasteiger partial charge in [0.05, 0.1) is 0 Å². The standard InChI is InChI=1S/C20H34BN/c1-9-15-12-16(10-11-17(15)22-18(2,3)4)21-13-19(5,6)20(7,8)14-21/h10-12,22H,9,13-14H2,1-8H3. The third-order valence-electron chi connectivity index (χ3n) is 5.84. The van der Waals surface area contributed by atoms with E-state index in [9.17, 15) is 0 Å². The van der Waals surface area contributed by atoms with E-state index < -0.39 is 0 Å². The van der Waals surface area contributed by atoms with Gasteiger partial charge in [-0.3, -0.25) is 0 Å². The molecule has 1 aromatic carbocycles. The molecule has 0 unspecified atom stereocenters. The highest BCUT2D eigenvalue weighted by molar-refractivity contribution is 6.74. The van der Waals surface area contributed by atoms with Crippen LogP contribution >= 0.6 is 0 Å². The molecule has 122 valence electrons. The second-order valence-electron chi connectivity index (χ2n) is 9.52. The summed E-state index contributed by atoms with van der Waals surface area (Å²) in [5.41, 5.74) is 5.25. The van der Waals surface area contributed by atoms with Gasteiger partial charge in [0.1, 0.15) is 0 Å². The molecular formula is C20H34BN. The second-order valence-corrected chi connectivity index (χ2v) is 9.52. The van der Waals surface area contributed by atoms with Crippen molar-refractivity contribution < 1.29 is 0 Å². The number of hydrogen-bond donors (Lipinski definition) is 1. The van der Waals surface area contributed by atoms with Crippen LogP contribution in [0.15, 0.2) is 18.2 Å². The van der Waals surface area contributed by atoms with Crippen LogP contribution in [-0.4, -0.2) is 12.3 Å². The van der Waals surface area contributed by atoms with Crippen LogP contribution in [0.1, 0.15) is 61.0 Å². The Kier molecular flexibility index (Phi) is 4.45. The Balaban J connectivity index is 2.28. The third kappa shape index (κ3) is 3.52. The van der Waals surface area contributed by atoms with Crippen molar-refractivity contribution in [2.45, 2.75) is 80.0 Å². The summed E-state index contributed by atoms with van der Waals surface area (Å²) in [6.45, 7) is 19.4. The van der Waals surface area contributed by atoms with Gasteiger partial charge in [-0.2, -0.15) is 0 Å². The summed E-state index contributed by atoms with van der Waals surface area (Å²) < 4.78 is 0. The quantitative estimate of drug-likeness (QED) is 0.754. The molecule has 0 amide bonds. The molecule has 2 heteroatoms. The predicted octanol–water partition coefficient (Wildman–Crippen LogP) is 5.23. The largest absolute Gasteiger partial charge is 0.380 e. The van der Waals surface area contributed by atoms with Crippen molar-refractivity contribution in [1.82, 2.24) is 0 Å². The number of hydrogen-bond acceptors (Lipinski definition) is 1. The molecule has 1 aliphatic heterocycles. The number of anilines is 1. The predicted molar refractivity (Wildman–Crippen MR) is 102 cm³/mol. The van der Waals surface area contributed by atoms with E-state index in [2.05, 4.69) is 78.9 Å². The van der Waals surface area contributed by atoms with Gasteiger partial charge in [0.25, 0.3) is 0 Å². The SMILES string of the molecule is CCc1cc(B2CC(C)(C)C(C)(C)C2)ccc1NC(C)(C)C. The summed E-state index contributed by atoms with van der Waals surface area (Å²) in [7, 11) is 0. The molecule has 0 bridgehead atoms. The van der Waals surface area contributed by atoms with Crippen molar-refractivity contribution in [3.05, 3.63) is 23.8 Å². The zero-order valence-electron chi connectivity index (χ0n) is 15.9. The minimum Gasteiger partial charge on any atom is -0.380 e. The van der Waals surface area contributed by atoms with Crippen LogP contribution in [0.4, 0.5) is 5.69 Å². The van der Waals surface area contributed by atoms with Gasteiger partial charge in [-0.25, -0.2) is 0 Å². The summed E-state index contributed by atoms with van der Waals surface area (Å²) in [5.74, 6) is 0. The first-order valence-electron chi connectivity index (χ1n) is 8.86. The highest BCUT2D eigenvalue weighted by Crippen LogP contribution is 2.52. The fraction of sp³-hybridized carbons (Fsp3) is 0.700. The highest BCUT2D eigenvalue weighted by Gasteiger charge is 2.48. The molecule has 1 N–H and O–H groups in total. The van der Waals surface area contributed by atoms with Gasteiger partial charge in [-0.1, -0.05) is 64.9 Å². The van der Waals surface area contributed by atoms with Gasteiger partial charge in [0, 0.05) is 11.2 Å². The van der Waals surface area contributed by atoms with E-state index in [0.29, 0.717) is 17.5 Å². The second kappa shape index (κ2) is 5.62. The van der Waals surface area contributed by atoms with E-state index in [4.69, 9.17) is 0 Å². The normalized spacial score (nSPS) is 20.3. The first kappa shape index (κ1) is 17.4. The average Bonchev–Trinajstić information content (AvgIpc) is 2.57. The zero-order chi connectivity index (χ0) is 16.8. The van der Waals surface area contributed by atoms with Crippen LogP contribution in [0.5, 0.6) is 0 Å². The van der Waals surface area contributed by atoms with Crippen LogP contribution in [0.2, 0.25) is 12.6 Å². The fourth-order valence-corrected chi connectivity index (χ4v) is 3.78. The molecule has 1 aromatic rings. The minimum absolute atomic E-state index is 0.114. The Bertz CT molecular complexity index is 521. The zero-order valence-corrected chi connectivity index (χ0v) is 15.9. The van der Waals surface area contributed by atoms with Gasteiger partial charge < -0.3 is 5.32 Å². The maximum atomic E-state index is 3.65. The molecule has 0 saturated carbocycles. The molecular weight excluding hydrogens is 265 g/mol. The summed E-state index contributed by atoms with van der Waals surface area (Å²) in [6.07, 6.45) is 3.69. The molecule has 1 saturated heterocycles. The van der Waals surface area contributed by atoms with Crippen molar-refractivity contribution in [3.63, 3.8) is 0 Å². The van der Waals surface area contributed by atoms with Crippen molar-refractivity contribution >= 4 is 17.9 Å². The van der Waals surface area contributed by atoms with Gasteiger partial charge in [-0.05, 0) is 49.7 Å². The molecule has 22 heavy (non-hydrogen) atoms. The van der Waals surface area contributed by atoms with Crippen molar-refractivity contribution in [1.29, 1.82) is 0 Å². The van der Waals surface area contributed by atoms with Crippen LogP contribution < -0.4 is 10.8 Å². The van der Waals surface area contributed by atoms with Gasteiger partial charge >= 0.3 is 0 Å². The molecule has 1 heterocycles. The summed E-state index contributed by atoms with van der Waals surface area (Å²) in [4.78, 5) is 0. The van der Waals surface area contributed by atoms with E-state index in [1.807, 2.05) is 0 Å². The molecule has 1 nitrogen and oxygen atoms in total. The van der Waals surface area contributed by atoms with E-state index in [1.54, 1.807) is 0 Å². The van der Waals surface area contributed by atoms with Crippen LogP contribution in [0.25, 0.3) is 0 Å². The lowest BCUT2D eigenvalue weighted by atomic mass is 9.42. The lowest BCUT2D eigenvalue weighted by molar-refractivity contribution is 0.177. The summed E-state index contributed by atoms with van der Waals surface area (Å²) in [5, 5.41) is 3.65. The smallest absolute Gasteiger partial charge is 0.176 e. The number of nitrogens with one attached hydrogen (secondary N) is 1. The number of rotatable bonds is 3. The molecule has 0 aliphatic carbocycles. The molecule has 0 atom stereocenters. The fourth-order valence-electron chi connectivity index (χ4n) is 3.78. The maximum absolute atomic E-state index is 3.65. The first-order chi connectivity index (χ1) is 9.95. The van der Waals surface area contributed by atoms with Gasteiger partial charge in [-0.15, -0.1) is 0 Å². The van der Waals surface area contributed by atoms with Crippen molar-refractivity contribution in [2.24, 2.45) is 10.8 Å². The van der Waals surface area contributed by atoms with Crippen LogP contribution in [-0.2, 0) is 6.42 Å². The lowest BCUT2D eigenvalue weighted by Gasteiger charge is -2.35. The summed E-state index contributed by atoms with van der Waals surface area (Å²) >= 11 is 0. The average molecular weight is 299 g/mol. The Hall–Kier alpha value is -0.915. The topological polar surface area (TPSA) is 12.0 Å². The Morgan fingerprint density at radius 1 is 1.05 bits per heavy atom. The van der Waals surface area contributed by atoms with Gasteiger partial charge in [0.2, 0.25) is 0 Å². The maximum Gasteiger partial charge on any atom is 0.176 e. The first-order valence-corrected chi connectivity index (χ1v) is 8.86. The Labute approximate surface area is 138 Å². The van der Waals surface area contributed by atoms with E-state index in [0.717, 1.165) is 6.42 Å². The van der Waals surface area contributed by atoms with E-state index in [1.165, 1.54) is 29.4 Å². The lowest BCUT2D eigenvalue weighted by Crippen LogP contribution is -2.30. The Morgan fingerprint density at radius 2 is 1.59 bits per heavy atom. The Morgan fingerprint density at radius 3 is 2.05 bits per heavy atom. The molecule has 1 aliphatic rings. The van der Waals surface area contributed by atoms with Crippen LogP contribution in [0, 0.1) is 10.8 Å². The highest BCUT2D eigenvalue weighted by atomic mass is 15.0. The summed E-state index contributed by atoms with van der Waals surface area (Å²) in [6, 6.07) is 7.11. The number of aryl methyl sites for hydroxylation is 1. The molecule has 1 fully saturated rings. The number of benzene rings is 1. The molecule has 0 aromatic heterocycles. The molecule has 0 radical (unpaired) electrons. The van der Waals surface area contributed by atoms with E-state index in [-0.39, 0.29) is 5.54 Å². The van der Waals surface area contributed by atoms with Crippen molar-refractivity contribution in [2.75, 3.05) is 5.32 Å². The van der Waals surface area contributed by atoms with Crippen LogP contribution in [0.3, 0.4) is 0 Å². The van der Waals surface area contributed by atoms with E-state index >= 15 is 0 Å². The minimum atomic E-state index is 0.114. The van der Waals surface area contributed by atoms with Gasteiger partial charge in [0.15, 0.2) is 6.71 Å². The monoisotopic (exact) mass is 299 g/mol. The molecule has 0 spiro atoms.